The van der Waals surface area contributed by atoms with Gasteiger partial charge in [0.1, 0.15) is 37.1 Å². The molecule has 0 aliphatic carbocycles. The Bertz CT molecular complexity index is 2390. The van der Waals surface area contributed by atoms with Crippen LogP contribution >= 0.6 is 0 Å². The van der Waals surface area contributed by atoms with Gasteiger partial charge in [0.05, 0.1) is 0 Å². The molecule has 0 atom stereocenters. The average molecular weight is 955 g/mol. The maximum Gasteiger partial charge on any atom is 0.506 e. The summed E-state index contributed by atoms with van der Waals surface area (Å²) in [6.07, 6.45) is 12.3. The van der Waals surface area contributed by atoms with Crippen LogP contribution in [-0.4, -0.2) is 53.6 Å². The van der Waals surface area contributed by atoms with E-state index in [9.17, 15) is 0 Å². The number of hydrogen-bond donors (Lipinski definition) is 0. The van der Waals surface area contributed by atoms with E-state index in [0.717, 1.165) is 54.7 Å². The van der Waals surface area contributed by atoms with Gasteiger partial charge < -0.3 is 26.6 Å². The molecule has 0 aromatic heterocycles. The lowest BCUT2D eigenvalue weighted by atomic mass is 10.2. The molecular weight excluding hydrogens is 893 g/mol. The molecule has 0 unspecified atom stereocenters. The van der Waals surface area contributed by atoms with Crippen LogP contribution in [0.2, 0.25) is 39.3 Å². The van der Waals surface area contributed by atoms with Gasteiger partial charge in [0, 0.05) is 5.19 Å². The first-order valence-corrected chi connectivity index (χ1v) is 33.4. The van der Waals surface area contributed by atoms with Gasteiger partial charge in [-0.3, -0.25) is 0 Å². The van der Waals surface area contributed by atoms with E-state index in [0.29, 0.717) is 19.8 Å². The van der Waals surface area contributed by atoms with Crippen molar-refractivity contribution < 1.29 is 26.6 Å². The van der Waals surface area contributed by atoms with E-state index in [1.807, 2.05) is 115 Å². The molecule has 7 aromatic carbocycles. The van der Waals surface area contributed by atoms with Crippen molar-refractivity contribution in [3.63, 3.8) is 0 Å². The Morgan fingerprint density at radius 2 is 0.552 bits per heavy atom. The maximum absolute atomic E-state index is 7.74. The topological polar surface area (TPSA) is 55.4 Å². The molecule has 0 heterocycles. The van der Waals surface area contributed by atoms with Gasteiger partial charge in [-0.15, -0.1) is 0 Å². The lowest BCUT2D eigenvalue weighted by Gasteiger charge is -2.45. The van der Waals surface area contributed by atoms with Crippen molar-refractivity contribution in [3.05, 3.63) is 229 Å². The van der Waals surface area contributed by atoms with Crippen LogP contribution in [0.5, 0.6) is 17.2 Å². The minimum atomic E-state index is -3.78. The van der Waals surface area contributed by atoms with Crippen molar-refractivity contribution >= 4 is 72.7 Å². The van der Waals surface area contributed by atoms with Crippen LogP contribution in [-0.2, 0) is 12.3 Å². The monoisotopic (exact) mass is 954 g/mol. The van der Waals surface area contributed by atoms with Crippen molar-refractivity contribution in [2.75, 3.05) is 19.8 Å². The second-order valence-electron chi connectivity index (χ2n) is 17.7. The zero-order valence-corrected chi connectivity index (χ0v) is 43.5. The molecule has 0 aliphatic heterocycles. The summed E-state index contributed by atoms with van der Waals surface area (Å²) in [5.74, 6) is 2.39. The Morgan fingerprint density at radius 3 is 0.821 bits per heavy atom. The van der Waals surface area contributed by atoms with Gasteiger partial charge in [-0.1, -0.05) is 176 Å². The maximum atomic E-state index is 7.74. The summed E-state index contributed by atoms with van der Waals surface area (Å²) in [6.45, 7) is 14.8. The van der Waals surface area contributed by atoms with Gasteiger partial charge in [-0.25, -0.2) is 0 Å². The number of rotatable bonds is 22. The Kier molecular flexibility index (Phi) is 16.8. The third-order valence-electron chi connectivity index (χ3n) is 11.3. The fourth-order valence-electron chi connectivity index (χ4n) is 7.60. The van der Waals surface area contributed by atoms with Gasteiger partial charge in [0.2, 0.25) is 25.0 Å². The van der Waals surface area contributed by atoms with Crippen molar-refractivity contribution in [2.24, 2.45) is 0 Å². The van der Waals surface area contributed by atoms with Crippen molar-refractivity contribution in [3.8, 4) is 17.2 Å². The highest BCUT2D eigenvalue weighted by Crippen LogP contribution is 2.28. The van der Waals surface area contributed by atoms with Crippen molar-refractivity contribution in [1.29, 1.82) is 0 Å². The summed E-state index contributed by atoms with van der Waals surface area (Å²) in [6, 6.07) is 66.2. The molecule has 0 N–H and O–H groups in total. The second kappa shape index (κ2) is 23.1. The first kappa shape index (κ1) is 48.8. The van der Waals surface area contributed by atoms with Crippen molar-refractivity contribution in [2.45, 2.75) is 39.3 Å². The molecule has 67 heavy (non-hydrogen) atoms. The molecule has 7 aromatic rings. The second-order valence-corrected chi connectivity index (χ2v) is 32.6. The number of hydrogen-bond acceptors (Lipinski definition) is 6. The zero-order chi connectivity index (χ0) is 47.0. The predicted molar refractivity (Wildman–Crippen MR) is 289 cm³/mol. The quantitative estimate of drug-likeness (QED) is 0.0631. The van der Waals surface area contributed by atoms with E-state index in [-0.39, 0.29) is 0 Å². The molecule has 0 saturated carbocycles. The van der Waals surface area contributed by atoms with Crippen LogP contribution in [0.4, 0.5) is 0 Å². The first-order valence-electron chi connectivity index (χ1n) is 22.9. The summed E-state index contributed by atoms with van der Waals surface area (Å²) in [4.78, 5) is 0. The van der Waals surface area contributed by atoms with E-state index >= 15 is 0 Å². The standard InChI is InChI=1S/C57H62O6Si4/c1-64(2,54-39-33-51(34-40-54)58-45-19-28-48-22-11-7-12-23-48)61-67(57-31-17-10-18-32-57,62-65(3,4)55-41-35-52(36-42-55)59-46-20-29-49-24-13-8-14-25-49)63-66(5,6)56-43-37-53(38-44-56)60-47-21-30-50-26-15-9-16-27-50/h7-44H,45-47H2,1-6H3. The van der Waals surface area contributed by atoms with Gasteiger partial charge in [-0.2, -0.15) is 0 Å². The third-order valence-corrected chi connectivity index (χ3v) is 26.9. The molecule has 342 valence electrons. The molecule has 0 saturated heterocycles. The van der Waals surface area contributed by atoms with Crippen LogP contribution in [0.3, 0.4) is 0 Å². The molecule has 6 nitrogen and oxygen atoms in total. The minimum absolute atomic E-state index is 0.466. The minimum Gasteiger partial charge on any atom is -0.490 e. The summed E-state index contributed by atoms with van der Waals surface area (Å²) in [7, 11) is -12.1. The van der Waals surface area contributed by atoms with Gasteiger partial charge >= 0.3 is 8.80 Å². The van der Waals surface area contributed by atoms with Crippen molar-refractivity contribution in [1.82, 2.24) is 0 Å². The molecule has 7 rings (SSSR count). The molecule has 0 radical (unpaired) electrons. The normalized spacial score (nSPS) is 13.2. The molecule has 0 spiro atoms. The van der Waals surface area contributed by atoms with E-state index in [2.05, 4.69) is 155 Å². The van der Waals surface area contributed by atoms with Crippen LogP contribution in [0, 0.1) is 0 Å². The van der Waals surface area contributed by atoms with Gasteiger partial charge in [0.15, 0.2) is 0 Å². The summed E-state index contributed by atoms with van der Waals surface area (Å²) in [5.41, 5.74) is 3.42. The summed E-state index contributed by atoms with van der Waals surface area (Å²) < 4.78 is 41.6. The fourth-order valence-corrected chi connectivity index (χ4v) is 23.6. The Morgan fingerprint density at radius 1 is 0.299 bits per heavy atom. The Balaban J connectivity index is 1.15. The molecule has 0 bridgehead atoms. The molecule has 0 aliphatic rings. The smallest absolute Gasteiger partial charge is 0.490 e. The average Bonchev–Trinajstić information content (AvgIpc) is 3.34. The van der Waals surface area contributed by atoms with E-state index in [4.69, 9.17) is 26.6 Å². The highest BCUT2D eigenvalue weighted by molar-refractivity contribution is 7.02. The molecule has 0 amide bonds. The summed E-state index contributed by atoms with van der Waals surface area (Å²) >= 11 is 0. The fraction of sp³-hybridized carbons (Fsp3) is 0.158. The highest BCUT2D eigenvalue weighted by atomic mass is 28.5. The highest BCUT2D eigenvalue weighted by Gasteiger charge is 2.55. The van der Waals surface area contributed by atoms with Crippen LogP contribution < -0.4 is 35.0 Å². The molecule has 0 fully saturated rings. The number of benzene rings is 7. The van der Waals surface area contributed by atoms with Gasteiger partial charge in [-0.05, 0) is 126 Å². The number of ether oxygens (including phenoxy) is 3. The molecular formula is C57H62O6Si4. The summed E-state index contributed by atoms with van der Waals surface area (Å²) in [5, 5.41) is 4.29. The van der Waals surface area contributed by atoms with E-state index in [1.165, 1.54) is 0 Å². The largest absolute Gasteiger partial charge is 0.506 e. The van der Waals surface area contributed by atoms with E-state index in [1.54, 1.807) is 0 Å². The third kappa shape index (κ3) is 14.2. The lowest BCUT2D eigenvalue weighted by Crippen LogP contribution is -2.72. The molecule has 10 heteroatoms. The van der Waals surface area contributed by atoms with Crippen LogP contribution in [0.25, 0.3) is 18.2 Å². The lowest BCUT2D eigenvalue weighted by molar-refractivity contribution is 0.278. The first-order chi connectivity index (χ1) is 32.4. The SMILES string of the molecule is C[Si](C)(O[Si](O[Si](C)(C)c1ccc(OCC=Cc2ccccc2)cc1)(O[Si](C)(C)c1ccc(OCC=Cc2ccccc2)cc1)c1ccccc1)c1ccc(OCC=Cc2ccccc2)cc1. The Labute approximate surface area is 402 Å². The van der Waals surface area contributed by atoms with Crippen LogP contribution in [0.15, 0.2) is 212 Å². The predicted octanol–water partition coefficient (Wildman–Crippen LogP) is 11.5. The van der Waals surface area contributed by atoms with E-state index < -0.39 is 33.8 Å². The van der Waals surface area contributed by atoms with Crippen LogP contribution in [0.1, 0.15) is 16.7 Å². The zero-order valence-electron chi connectivity index (χ0n) is 39.5. The Hall–Kier alpha value is -6.09. The van der Waals surface area contributed by atoms with Gasteiger partial charge in [0.25, 0.3) is 0 Å².